The average Bonchev–Trinajstić information content (AvgIpc) is 2.46. The summed E-state index contributed by atoms with van der Waals surface area (Å²) in [6, 6.07) is 14.6. The maximum absolute atomic E-state index is 11.4. The van der Waals surface area contributed by atoms with Gasteiger partial charge in [-0.1, -0.05) is 23.7 Å². The van der Waals surface area contributed by atoms with E-state index in [9.17, 15) is 4.79 Å². The van der Waals surface area contributed by atoms with E-state index in [4.69, 9.17) is 16.3 Å². The van der Waals surface area contributed by atoms with Crippen molar-refractivity contribution in [1.29, 1.82) is 0 Å². The summed E-state index contributed by atoms with van der Waals surface area (Å²) in [5, 5.41) is 1.61. The van der Waals surface area contributed by atoms with Gasteiger partial charge >= 0.3 is 0 Å². The SMILES string of the molecule is COc1cc2ccc(=O)[nH]c2cc1-c1ccc(Cl)cc1. The van der Waals surface area contributed by atoms with Crippen molar-refractivity contribution in [3.05, 3.63) is 63.9 Å². The molecule has 20 heavy (non-hydrogen) atoms. The molecule has 0 saturated heterocycles. The lowest BCUT2D eigenvalue weighted by Gasteiger charge is -2.10. The Bertz CT molecular complexity index is 822. The predicted octanol–water partition coefficient (Wildman–Crippen LogP) is 3.86. The molecule has 4 heteroatoms. The van der Waals surface area contributed by atoms with Gasteiger partial charge in [-0.2, -0.15) is 0 Å². The number of pyridine rings is 1. The van der Waals surface area contributed by atoms with Gasteiger partial charge in [0.25, 0.3) is 0 Å². The first-order valence-electron chi connectivity index (χ1n) is 6.14. The molecule has 0 aliphatic heterocycles. The Morgan fingerprint density at radius 3 is 2.50 bits per heavy atom. The standard InChI is InChI=1S/C16H12ClNO2/c1-20-15-8-11-4-7-16(19)18-14(11)9-13(15)10-2-5-12(17)6-3-10/h2-9H,1H3,(H,18,19). The maximum Gasteiger partial charge on any atom is 0.248 e. The number of rotatable bonds is 2. The van der Waals surface area contributed by atoms with Gasteiger partial charge in [-0.3, -0.25) is 4.79 Å². The lowest BCUT2D eigenvalue weighted by Crippen LogP contribution is -2.02. The fourth-order valence-corrected chi connectivity index (χ4v) is 2.33. The molecule has 0 fully saturated rings. The first-order valence-corrected chi connectivity index (χ1v) is 6.52. The zero-order chi connectivity index (χ0) is 14.1. The van der Waals surface area contributed by atoms with Crippen LogP contribution in [-0.4, -0.2) is 12.1 Å². The zero-order valence-electron chi connectivity index (χ0n) is 10.8. The van der Waals surface area contributed by atoms with E-state index in [2.05, 4.69) is 4.98 Å². The van der Waals surface area contributed by atoms with Crippen LogP contribution in [0, 0.1) is 0 Å². The van der Waals surface area contributed by atoms with Crippen LogP contribution in [0.3, 0.4) is 0 Å². The fourth-order valence-electron chi connectivity index (χ4n) is 2.21. The quantitative estimate of drug-likeness (QED) is 0.777. The van der Waals surface area contributed by atoms with E-state index in [1.165, 1.54) is 6.07 Å². The highest BCUT2D eigenvalue weighted by molar-refractivity contribution is 6.30. The Labute approximate surface area is 120 Å². The number of ether oxygens (including phenoxy) is 1. The number of H-pyrrole nitrogens is 1. The number of nitrogens with one attached hydrogen (secondary N) is 1. The molecule has 1 heterocycles. The molecule has 3 rings (SSSR count). The molecule has 1 N–H and O–H groups in total. The minimum absolute atomic E-state index is 0.121. The molecule has 0 bridgehead atoms. The van der Waals surface area contributed by atoms with Crippen LogP contribution in [-0.2, 0) is 0 Å². The van der Waals surface area contributed by atoms with E-state index in [0.29, 0.717) is 5.02 Å². The highest BCUT2D eigenvalue weighted by atomic mass is 35.5. The first-order chi connectivity index (χ1) is 9.67. The molecule has 0 aliphatic rings. The molecule has 0 saturated carbocycles. The van der Waals surface area contributed by atoms with Gasteiger partial charge in [0.1, 0.15) is 5.75 Å². The summed E-state index contributed by atoms with van der Waals surface area (Å²) in [5.74, 6) is 0.756. The van der Waals surface area contributed by atoms with Gasteiger partial charge in [0, 0.05) is 27.6 Å². The molecule has 1 aromatic heterocycles. The van der Waals surface area contributed by atoms with Gasteiger partial charge in [0.15, 0.2) is 0 Å². The molecular formula is C16H12ClNO2. The number of fused-ring (bicyclic) bond motifs is 1. The summed E-state index contributed by atoms with van der Waals surface area (Å²) in [4.78, 5) is 14.3. The Balaban J connectivity index is 2.27. The second-order valence-corrected chi connectivity index (χ2v) is 4.91. The van der Waals surface area contributed by atoms with Crippen LogP contribution in [0.2, 0.25) is 5.02 Å². The largest absolute Gasteiger partial charge is 0.496 e. The lowest BCUT2D eigenvalue weighted by atomic mass is 10.0. The molecular weight excluding hydrogens is 274 g/mol. The van der Waals surface area contributed by atoms with Gasteiger partial charge in [-0.05, 0) is 35.9 Å². The monoisotopic (exact) mass is 285 g/mol. The maximum atomic E-state index is 11.4. The third kappa shape index (κ3) is 2.28. The lowest BCUT2D eigenvalue weighted by molar-refractivity contribution is 0.417. The van der Waals surface area contributed by atoms with E-state index in [0.717, 1.165) is 27.8 Å². The van der Waals surface area contributed by atoms with Crippen molar-refractivity contribution in [3.63, 3.8) is 0 Å². The molecule has 0 spiro atoms. The predicted molar refractivity (Wildman–Crippen MR) is 81.6 cm³/mol. The highest BCUT2D eigenvalue weighted by Gasteiger charge is 2.08. The van der Waals surface area contributed by atoms with E-state index >= 15 is 0 Å². The summed E-state index contributed by atoms with van der Waals surface area (Å²) in [6.07, 6.45) is 0. The molecule has 0 amide bonds. The minimum atomic E-state index is -0.121. The average molecular weight is 286 g/mol. The molecule has 2 aromatic carbocycles. The van der Waals surface area contributed by atoms with Gasteiger partial charge < -0.3 is 9.72 Å². The second-order valence-electron chi connectivity index (χ2n) is 4.47. The number of hydrogen-bond acceptors (Lipinski definition) is 2. The third-order valence-corrected chi connectivity index (χ3v) is 3.45. The Kier molecular flexibility index (Phi) is 3.20. The normalized spacial score (nSPS) is 10.7. The smallest absolute Gasteiger partial charge is 0.248 e. The minimum Gasteiger partial charge on any atom is -0.496 e. The summed E-state index contributed by atoms with van der Waals surface area (Å²) < 4.78 is 5.44. The summed E-state index contributed by atoms with van der Waals surface area (Å²) in [5.41, 5.74) is 2.56. The van der Waals surface area contributed by atoms with Crippen molar-refractivity contribution in [2.75, 3.05) is 7.11 Å². The van der Waals surface area contributed by atoms with Crippen LogP contribution in [0.25, 0.3) is 22.0 Å². The van der Waals surface area contributed by atoms with Crippen molar-refractivity contribution in [1.82, 2.24) is 4.98 Å². The van der Waals surface area contributed by atoms with Crippen molar-refractivity contribution in [2.45, 2.75) is 0 Å². The topological polar surface area (TPSA) is 42.1 Å². The number of hydrogen-bond donors (Lipinski definition) is 1. The van der Waals surface area contributed by atoms with Gasteiger partial charge in [0.05, 0.1) is 7.11 Å². The second kappa shape index (κ2) is 5.02. The van der Waals surface area contributed by atoms with Crippen LogP contribution < -0.4 is 10.3 Å². The van der Waals surface area contributed by atoms with Crippen molar-refractivity contribution in [3.8, 4) is 16.9 Å². The van der Waals surface area contributed by atoms with Crippen LogP contribution in [0.15, 0.2) is 53.3 Å². The van der Waals surface area contributed by atoms with Crippen LogP contribution in [0.5, 0.6) is 5.75 Å². The molecule has 3 nitrogen and oxygen atoms in total. The van der Waals surface area contributed by atoms with E-state index < -0.39 is 0 Å². The Morgan fingerprint density at radius 1 is 1.05 bits per heavy atom. The fraction of sp³-hybridized carbons (Fsp3) is 0.0625. The number of aromatic amines is 1. The zero-order valence-corrected chi connectivity index (χ0v) is 11.6. The van der Waals surface area contributed by atoms with Gasteiger partial charge in [-0.15, -0.1) is 0 Å². The molecule has 100 valence electrons. The van der Waals surface area contributed by atoms with Crippen molar-refractivity contribution in [2.24, 2.45) is 0 Å². The number of aromatic nitrogens is 1. The Hall–Kier alpha value is -2.26. The number of methoxy groups -OCH3 is 1. The third-order valence-electron chi connectivity index (χ3n) is 3.20. The summed E-state index contributed by atoms with van der Waals surface area (Å²) in [6.45, 7) is 0. The van der Waals surface area contributed by atoms with Crippen LogP contribution in [0.4, 0.5) is 0 Å². The van der Waals surface area contributed by atoms with E-state index in [1.54, 1.807) is 13.2 Å². The number of benzene rings is 2. The Morgan fingerprint density at radius 2 is 1.80 bits per heavy atom. The van der Waals surface area contributed by atoms with Crippen molar-refractivity contribution < 1.29 is 4.74 Å². The van der Waals surface area contributed by atoms with E-state index in [-0.39, 0.29) is 5.56 Å². The molecule has 0 radical (unpaired) electrons. The summed E-state index contributed by atoms with van der Waals surface area (Å²) >= 11 is 5.91. The van der Waals surface area contributed by atoms with Crippen molar-refractivity contribution >= 4 is 22.5 Å². The molecule has 3 aromatic rings. The highest BCUT2D eigenvalue weighted by Crippen LogP contribution is 2.33. The molecule has 0 atom stereocenters. The van der Waals surface area contributed by atoms with Crippen LogP contribution in [0.1, 0.15) is 0 Å². The van der Waals surface area contributed by atoms with E-state index in [1.807, 2.05) is 36.4 Å². The molecule has 0 unspecified atom stereocenters. The summed E-state index contributed by atoms with van der Waals surface area (Å²) in [7, 11) is 1.63. The first kappa shape index (κ1) is 12.8. The number of halogens is 1. The van der Waals surface area contributed by atoms with Crippen LogP contribution >= 0.6 is 11.6 Å². The molecule has 0 aliphatic carbocycles. The van der Waals surface area contributed by atoms with Gasteiger partial charge in [-0.25, -0.2) is 0 Å². The van der Waals surface area contributed by atoms with Gasteiger partial charge in [0.2, 0.25) is 5.56 Å².